The Morgan fingerprint density at radius 1 is 1.03 bits per heavy atom. The molecule has 0 saturated heterocycles. The van der Waals surface area contributed by atoms with E-state index in [2.05, 4.69) is 29.6 Å². The number of thioether (sulfide) groups is 1. The average Bonchev–Trinajstić information content (AvgIpc) is 2.72. The highest BCUT2D eigenvalue weighted by Gasteiger charge is 2.27. The van der Waals surface area contributed by atoms with E-state index >= 15 is 0 Å². The van der Waals surface area contributed by atoms with Gasteiger partial charge in [-0.15, -0.1) is 11.8 Å². The fraction of sp³-hybridized carbons (Fsp3) is 0.417. The fourth-order valence-electron chi connectivity index (χ4n) is 2.91. The van der Waals surface area contributed by atoms with E-state index in [0.29, 0.717) is 28.1 Å². The maximum absolute atomic E-state index is 13.1. The Hall–Kier alpha value is -1.69. The number of benzene rings is 2. The second-order valence-electron chi connectivity index (χ2n) is 8.02. The smallest absolute Gasteiger partial charge is 0.242 e. The fourth-order valence-corrected chi connectivity index (χ4v) is 4.30. The maximum Gasteiger partial charge on any atom is 0.242 e. The molecule has 2 amide bonds. The summed E-state index contributed by atoms with van der Waals surface area (Å²) in [5, 5.41) is 3.87. The molecule has 1 N–H and O–H groups in total. The van der Waals surface area contributed by atoms with Crippen molar-refractivity contribution in [3.8, 4) is 0 Å². The number of carbonyl (C=O) groups is 2. The van der Waals surface area contributed by atoms with Gasteiger partial charge in [-0.25, -0.2) is 0 Å². The van der Waals surface area contributed by atoms with Crippen LogP contribution in [0.4, 0.5) is 0 Å². The summed E-state index contributed by atoms with van der Waals surface area (Å²) < 4.78 is 0. The van der Waals surface area contributed by atoms with E-state index in [1.54, 1.807) is 30.0 Å². The molecule has 0 bridgehead atoms. The van der Waals surface area contributed by atoms with Crippen LogP contribution in [0.3, 0.4) is 0 Å². The Bertz CT molecular complexity index is 867. The number of amides is 2. The van der Waals surface area contributed by atoms with Crippen molar-refractivity contribution in [1.29, 1.82) is 0 Å². The number of aryl methyl sites for hydroxylation is 1. The first-order chi connectivity index (χ1) is 14.7. The summed E-state index contributed by atoms with van der Waals surface area (Å²) in [5.41, 5.74) is 3.01. The highest BCUT2D eigenvalue weighted by Crippen LogP contribution is 2.27. The highest BCUT2D eigenvalue weighted by atomic mass is 35.5. The van der Waals surface area contributed by atoms with Gasteiger partial charge in [0.05, 0.1) is 5.75 Å². The van der Waals surface area contributed by atoms with Gasteiger partial charge < -0.3 is 10.2 Å². The van der Waals surface area contributed by atoms with E-state index in [0.717, 1.165) is 11.3 Å². The van der Waals surface area contributed by atoms with Gasteiger partial charge in [0.2, 0.25) is 11.8 Å². The summed E-state index contributed by atoms with van der Waals surface area (Å²) in [7, 11) is 0. The first kappa shape index (κ1) is 25.6. The SMILES string of the molecule is Cc1ccc(CSCC(=O)N(Cc2c(Cl)cccc2Cl)[C@H](C)C(=O)NCC(C)C)cc1. The van der Waals surface area contributed by atoms with Crippen LogP contribution >= 0.6 is 35.0 Å². The lowest BCUT2D eigenvalue weighted by atomic mass is 10.1. The van der Waals surface area contributed by atoms with E-state index in [9.17, 15) is 9.59 Å². The standard InChI is InChI=1S/C24H30Cl2N2O2S/c1-16(2)12-27-24(30)18(4)28(13-20-21(25)6-5-7-22(20)26)23(29)15-31-14-19-10-8-17(3)9-11-19/h5-11,16,18H,12-15H2,1-4H3,(H,27,30)/t18-/m1/s1. The third-order valence-corrected chi connectivity index (χ3v) is 6.55. The molecule has 0 radical (unpaired) electrons. The van der Waals surface area contributed by atoms with Gasteiger partial charge in [-0.05, 0) is 37.5 Å². The van der Waals surface area contributed by atoms with Crippen LogP contribution in [0.2, 0.25) is 10.0 Å². The summed E-state index contributed by atoms with van der Waals surface area (Å²) in [6.07, 6.45) is 0. The van der Waals surface area contributed by atoms with Crippen LogP contribution in [0.1, 0.15) is 37.5 Å². The van der Waals surface area contributed by atoms with Gasteiger partial charge in [0, 0.05) is 34.5 Å². The minimum absolute atomic E-state index is 0.125. The summed E-state index contributed by atoms with van der Waals surface area (Å²) >= 11 is 14.2. The van der Waals surface area contributed by atoms with E-state index in [-0.39, 0.29) is 24.1 Å². The molecule has 0 aliphatic carbocycles. The maximum atomic E-state index is 13.1. The minimum atomic E-state index is -0.640. The first-order valence-electron chi connectivity index (χ1n) is 10.3. The molecule has 31 heavy (non-hydrogen) atoms. The molecule has 0 unspecified atom stereocenters. The Morgan fingerprint density at radius 2 is 1.65 bits per heavy atom. The number of hydrogen-bond acceptors (Lipinski definition) is 3. The number of nitrogens with one attached hydrogen (secondary N) is 1. The van der Waals surface area contributed by atoms with Crippen LogP contribution in [0, 0.1) is 12.8 Å². The van der Waals surface area contributed by atoms with Gasteiger partial charge in [-0.1, -0.05) is 72.9 Å². The first-order valence-corrected chi connectivity index (χ1v) is 12.2. The Balaban J connectivity index is 2.12. The lowest BCUT2D eigenvalue weighted by Crippen LogP contribution is -2.48. The van der Waals surface area contributed by atoms with Gasteiger partial charge >= 0.3 is 0 Å². The molecule has 2 aromatic rings. The highest BCUT2D eigenvalue weighted by molar-refractivity contribution is 7.99. The van der Waals surface area contributed by atoms with Gasteiger partial charge in [-0.3, -0.25) is 9.59 Å². The minimum Gasteiger partial charge on any atom is -0.354 e. The van der Waals surface area contributed by atoms with E-state index in [1.165, 1.54) is 17.3 Å². The monoisotopic (exact) mass is 480 g/mol. The molecule has 0 spiro atoms. The summed E-state index contributed by atoms with van der Waals surface area (Å²) in [4.78, 5) is 27.4. The van der Waals surface area contributed by atoms with Crippen molar-refractivity contribution in [2.24, 2.45) is 5.92 Å². The summed E-state index contributed by atoms with van der Waals surface area (Å²) in [6.45, 7) is 8.57. The molecule has 0 saturated carbocycles. The van der Waals surface area contributed by atoms with Crippen molar-refractivity contribution in [2.45, 2.75) is 46.0 Å². The molecule has 168 valence electrons. The van der Waals surface area contributed by atoms with Gasteiger partial charge in [-0.2, -0.15) is 0 Å². The average molecular weight is 481 g/mol. The van der Waals surface area contributed by atoms with Crippen molar-refractivity contribution in [2.75, 3.05) is 12.3 Å². The summed E-state index contributed by atoms with van der Waals surface area (Å²) in [6, 6.07) is 12.8. The third-order valence-electron chi connectivity index (χ3n) is 4.86. The van der Waals surface area contributed by atoms with Gasteiger partial charge in [0.25, 0.3) is 0 Å². The van der Waals surface area contributed by atoms with Crippen LogP contribution in [0.25, 0.3) is 0 Å². The van der Waals surface area contributed by atoms with Crippen molar-refractivity contribution in [3.05, 3.63) is 69.2 Å². The molecule has 1 atom stereocenters. The molecule has 0 heterocycles. The molecule has 2 rings (SSSR count). The molecule has 0 aliphatic rings. The molecule has 2 aromatic carbocycles. The Labute approximate surface area is 199 Å². The predicted molar refractivity (Wildman–Crippen MR) is 132 cm³/mol. The topological polar surface area (TPSA) is 49.4 Å². The molecule has 7 heteroatoms. The van der Waals surface area contributed by atoms with Crippen LogP contribution in [-0.4, -0.2) is 35.1 Å². The number of nitrogens with zero attached hydrogens (tertiary/aromatic N) is 1. The van der Waals surface area contributed by atoms with Crippen molar-refractivity contribution >= 4 is 46.8 Å². The Morgan fingerprint density at radius 3 is 2.23 bits per heavy atom. The van der Waals surface area contributed by atoms with Gasteiger partial charge in [0.1, 0.15) is 6.04 Å². The molecule has 0 fully saturated rings. The zero-order valence-electron chi connectivity index (χ0n) is 18.5. The zero-order chi connectivity index (χ0) is 23.0. The number of rotatable bonds is 10. The predicted octanol–water partition coefficient (Wildman–Crippen LogP) is 5.72. The molecular formula is C24H30Cl2N2O2S. The molecule has 0 aliphatic heterocycles. The second kappa shape index (κ2) is 12.4. The summed E-state index contributed by atoms with van der Waals surface area (Å²) in [5.74, 6) is 0.996. The van der Waals surface area contributed by atoms with E-state index in [1.807, 2.05) is 20.8 Å². The van der Waals surface area contributed by atoms with Crippen LogP contribution < -0.4 is 5.32 Å². The largest absolute Gasteiger partial charge is 0.354 e. The third kappa shape index (κ3) is 8.06. The number of halogens is 2. The number of hydrogen-bond donors (Lipinski definition) is 1. The van der Waals surface area contributed by atoms with Crippen LogP contribution in [0.5, 0.6) is 0 Å². The van der Waals surface area contributed by atoms with Gasteiger partial charge in [0.15, 0.2) is 0 Å². The number of carbonyl (C=O) groups excluding carboxylic acids is 2. The second-order valence-corrected chi connectivity index (χ2v) is 9.82. The normalized spacial score (nSPS) is 12.0. The van der Waals surface area contributed by atoms with Crippen LogP contribution in [0.15, 0.2) is 42.5 Å². The van der Waals surface area contributed by atoms with Crippen molar-refractivity contribution < 1.29 is 9.59 Å². The van der Waals surface area contributed by atoms with Crippen molar-refractivity contribution in [1.82, 2.24) is 10.2 Å². The van der Waals surface area contributed by atoms with E-state index in [4.69, 9.17) is 23.2 Å². The van der Waals surface area contributed by atoms with E-state index < -0.39 is 6.04 Å². The zero-order valence-corrected chi connectivity index (χ0v) is 20.8. The lowest BCUT2D eigenvalue weighted by molar-refractivity contribution is -0.138. The molecule has 0 aromatic heterocycles. The van der Waals surface area contributed by atoms with Crippen molar-refractivity contribution in [3.63, 3.8) is 0 Å². The Kier molecular flexibility index (Phi) is 10.2. The van der Waals surface area contributed by atoms with Crippen LogP contribution in [-0.2, 0) is 21.9 Å². The lowest BCUT2D eigenvalue weighted by Gasteiger charge is -2.29. The quantitative estimate of drug-likeness (QED) is 0.472. The molecule has 4 nitrogen and oxygen atoms in total. The molecular weight excluding hydrogens is 451 g/mol.